The van der Waals surface area contributed by atoms with Crippen LogP contribution in [-0.2, 0) is 4.79 Å². The molecule has 1 atom stereocenters. The molecule has 1 amide bonds. The van der Waals surface area contributed by atoms with Gasteiger partial charge in [-0.3, -0.25) is 4.79 Å². The van der Waals surface area contributed by atoms with E-state index in [1.54, 1.807) is 7.11 Å². The summed E-state index contributed by atoms with van der Waals surface area (Å²) in [5.74, 6) is 0.563. The molecule has 0 saturated carbocycles. The molecule has 0 radical (unpaired) electrons. The number of carbonyl (C=O) groups is 1. The van der Waals surface area contributed by atoms with E-state index in [2.05, 4.69) is 22.6 Å². The number of halogens is 1. The molecule has 1 unspecified atom stereocenters. The Morgan fingerprint density at radius 1 is 1.44 bits per heavy atom. The summed E-state index contributed by atoms with van der Waals surface area (Å²) in [6.07, 6.45) is 2.92. The smallest absolute Gasteiger partial charge is 0.217 e. The molecule has 0 aliphatic carbocycles. The molecule has 0 saturated heterocycles. The summed E-state index contributed by atoms with van der Waals surface area (Å²) < 4.78 is 6.44. The molecule has 0 aromatic heterocycles. The van der Waals surface area contributed by atoms with Gasteiger partial charge in [0, 0.05) is 21.6 Å². The molecule has 1 aromatic rings. The van der Waals surface area contributed by atoms with Gasteiger partial charge in [0.25, 0.3) is 0 Å². The zero-order chi connectivity index (χ0) is 13.5. The van der Waals surface area contributed by atoms with Crippen LogP contribution in [0.15, 0.2) is 18.2 Å². The summed E-state index contributed by atoms with van der Waals surface area (Å²) in [6.45, 7) is 0. The van der Waals surface area contributed by atoms with Crippen molar-refractivity contribution in [3.05, 3.63) is 27.3 Å². The molecule has 0 aliphatic rings. The summed E-state index contributed by atoms with van der Waals surface area (Å²) in [5.41, 5.74) is 12.3. The van der Waals surface area contributed by atoms with Crippen LogP contribution in [0.25, 0.3) is 0 Å². The molecule has 0 heterocycles. The van der Waals surface area contributed by atoms with E-state index in [0.717, 1.165) is 34.1 Å². The van der Waals surface area contributed by atoms with Gasteiger partial charge < -0.3 is 16.2 Å². The molecule has 18 heavy (non-hydrogen) atoms. The molecule has 0 fully saturated rings. The maximum Gasteiger partial charge on any atom is 0.217 e. The van der Waals surface area contributed by atoms with Crippen LogP contribution in [0.2, 0.25) is 0 Å². The van der Waals surface area contributed by atoms with Crippen LogP contribution in [0.4, 0.5) is 0 Å². The predicted octanol–water partition coefficient (Wildman–Crippen LogP) is 2.35. The Morgan fingerprint density at radius 2 is 2.17 bits per heavy atom. The number of amides is 1. The fraction of sp³-hybridized carbons (Fsp3) is 0.462. The van der Waals surface area contributed by atoms with Crippen LogP contribution in [0.1, 0.15) is 37.3 Å². The van der Waals surface area contributed by atoms with Crippen molar-refractivity contribution in [3.63, 3.8) is 0 Å². The van der Waals surface area contributed by atoms with Crippen molar-refractivity contribution in [2.24, 2.45) is 11.5 Å². The normalized spacial score (nSPS) is 12.2. The van der Waals surface area contributed by atoms with Crippen LogP contribution in [0.3, 0.4) is 0 Å². The number of methoxy groups -OCH3 is 1. The van der Waals surface area contributed by atoms with Crippen LogP contribution < -0.4 is 16.2 Å². The molecule has 100 valence electrons. The van der Waals surface area contributed by atoms with Crippen LogP contribution in [0.5, 0.6) is 5.75 Å². The first-order valence-corrected chi connectivity index (χ1v) is 6.99. The average molecular weight is 362 g/mol. The average Bonchev–Trinajstić information content (AvgIpc) is 2.34. The van der Waals surface area contributed by atoms with Crippen molar-refractivity contribution in [1.29, 1.82) is 0 Å². The minimum absolute atomic E-state index is 0.0671. The maximum absolute atomic E-state index is 10.6. The van der Waals surface area contributed by atoms with Crippen LogP contribution in [-0.4, -0.2) is 13.0 Å². The zero-order valence-corrected chi connectivity index (χ0v) is 12.6. The molecule has 0 aliphatic heterocycles. The lowest BCUT2D eigenvalue weighted by Crippen LogP contribution is -2.13. The summed E-state index contributed by atoms with van der Waals surface area (Å²) in [5, 5.41) is 0. The highest BCUT2D eigenvalue weighted by Gasteiger charge is 2.12. The highest BCUT2D eigenvalue weighted by Crippen LogP contribution is 2.28. The number of benzene rings is 1. The maximum atomic E-state index is 10.6. The lowest BCUT2D eigenvalue weighted by Gasteiger charge is -2.16. The highest BCUT2D eigenvalue weighted by atomic mass is 127. The van der Waals surface area contributed by atoms with Crippen molar-refractivity contribution in [1.82, 2.24) is 0 Å². The van der Waals surface area contributed by atoms with E-state index in [4.69, 9.17) is 16.2 Å². The molecule has 1 rings (SSSR count). The Kier molecular flexibility index (Phi) is 6.42. The molecule has 4 N–H and O–H groups in total. The summed E-state index contributed by atoms with van der Waals surface area (Å²) in [7, 11) is 1.64. The molecular weight excluding hydrogens is 343 g/mol. The molecule has 5 heteroatoms. The third-order valence-electron chi connectivity index (χ3n) is 2.78. The van der Waals surface area contributed by atoms with E-state index < -0.39 is 0 Å². The first-order valence-electron chi connectivity index (χ1n) is 5.92. The van der Waals surface area contributed by atoms with E-state index in [1.807, 2.05) is 18.2 Å². The largest absolute Gasteiger partial charge is 0.496 e. The van der Waals surface area contributed by atoms with Gasteiger partial charge in [-0.25, -0.2) is 0 Å². The van der Waals surface area contributed by atoms with Gasteiger partial charge in [0.15, 0.2) is 0 Å². The van der Waals surface area contributed by atoms with Gasteiger partial charge in [0.1, 0.15) is 5.75 Å². The molecule has 0 bridgehead atoms. The van der Waals surface area contributed by atoms with Gasteiger partial charge >= 0.3 is 0 Å². The quantitative estimate of drug-likeness (QED) is 0.577. The SMILES string of the molecule is COc1ccc(I)cc1C(N)CCCCC(N)=O. The van der Waals surface area contributed by atoms with Crippen molar-refractivity contribution in [2.45, 2.75) is 31.7 Å². The molecule has 4 nitrogen and oxygen atoms in total. The first kappa shape index (κ1) is 15.2. The van der Waals surface area contributed by atoms with E-state index in [1.165, 1.54) is 0 Å². The number of carbonyl (C=O) groups excluding carboxylic acids is 1. The third-order valence-corrected chi connectivity index (χ3v) is 3.45. The van der Waals surface area contributed by atoms with E-state index in [-0.39, 0.29) is 11.9 Å². The molecule has 0 spiro atoms. The first-order chi connectivity index (χ1) is 8.54. The van der Waals surface area contributed by atoms with Crippen molar-refractivity contribution < 1.29 is 9.53 Å². The molecular formula is C13H19IN2O2. The second-order valence-corrected chi connectivity index (χ2v) is 5.45. The second-order valence-electron chi connectivity index (χ2n) is 4.20. The fourth-order valence-corrected chi connectivity index (χ4v) is 2.33. The van der Waals surface area contributed by atoms with Gasteiger partial charge in [-0.05, 0) is 53.6 Å². The number of ether oxygens (including phenoxy) is 1. The third kappa shape index (κ3) is 4.81. The van der Waals surface area contributed by atoms with Gasteiger partial charge in [0.2, 0.25) is 5.91 Å². The number of primary amides is 1. The second kappa shape index (κ2) is 7.58. The number of hydrogen-bond donors (Lipinski definition) is 2. The van der Waals surface area contributed by atoms with E-state index in [9.17, 15) is 4.79 Å². The van der Waals surface area contributed by atoms with Crippen molar-refractivity contribution in [3.8, 4) is 5.75 Å². The number of unbranched alkanes of at least 4 members (excludes halogenated alkanes) is 1. The summed E-state index contributed by atoms with van der Waals surface area (Å²) >= 11 is 2.25. The zero-order valence-electron chi connectivity index (χ0n) is 10.5. The fourth-order valence-electron chi connectivity index (χ4n) is 1.81. The van der Waals surface area contributed by atoms with Crippen LogP contribution >= 0.6 is 22.6 Å². The number of hydrogen-bond acceptors (Lipinski definition) is 3. The minimum atomic E-state index is -0.254. The number of rotatable bonds is 7. The van der Waals surface area contributed by atoms with E-state index >= 15 is 0 Å². The Bertz CT molecular complexity index is 410. The standard InChI is InChI=1S/C13H19IN2O2/c1-18-12-7-6-9(14)8-10(12)11(15)4-2-3-5-13(16)17/h6-8,11H,2-5,15H2,1H3,(H2,16,17). The van der Waals surface area contributed by atoms with Crippen molar-refractivity contribution >= 4 is 28.5 Å². The van der Waals surface area contributed by atoms with Crippen LogP contribution in [0, 0.1) is 3.57 Å². The van der Waals surface area contributed by atoms with Gasteiger partial charge in [-0.1, -0.05) is 6.42 Å². The summed E-state index contributed by atoms with van der Waals surface area (Å²) in [4.78, 5) is 10.6. The Labute approximate surface area is 121 Å². The Hall–Kier alpha value is -0.820. The lowest BCUT2D eigenvalue weighted by atomic mass is 10.0. The topological polar surface area (TPSA) is 78.3 Å². The Balaban J connectivity index is 2.57. The Morgan fingerprint density at radius 3 is 2.78 bits per heavy atom. The van der Waals surface area contributed by atoms with Crippen molar-refractivity contribution in [2.75, 3.05) is 7.11 Å². The monoisotopic (exact) mass is 362 g/mol. The van der Waals surface area contributed by atoms with Gasteiger partial charge in [0.05, 0.1) is 7.11 Å². The van der Waals surface area contributed by atoms with Gasteiger partial charge in [-0.2, -0.15) is 0 Å². The lowest BCUT2D eigenvalue weighted by molar-refractivity contribution is -0.118. The molecule has 1 aromatic carbocycles. The highest BCUT2D eigenvalue weighted by molar-refractivity contribution is 14.1. The van der Waals surface area contributed by atoms with Gasteiger partial charge in [-0.15, -0.1) is 0 Å². The minimum Gasteiger partial charge on any atom is -0.496 e. The predicted molar refractivity (Wildman–Crippen MR) is 80.3 cm³/mol. The number of nitrogens with two attached hydrogens (primary N) is 2. The van der Waals surface area contributed by atoms with E-state index in [0.29, 0.717) is 6.42 Å². The summed E-state index contributed by atoms with van der Waals surface area (Å²) in [6, 6.07) is 5.89.